The van der Waals surface area contributed by atoms with Crippen LogP contribution in [0, 0.1) is 0 Å². The van der Waals surface area contributed by atoms with E-state index in [1.165, 1.54) is 167 Å². The summed E-state index contributed by atoms with van der Waals surface area (Å²) in [6.45, 7) is 3.67. The van der Waals surface area contributed by atoms with E-state index in [1.54, 1.807) is 6.08 Å². The molecular weight excluding hydrogens is 1110 g/mol. The molecule has 0 aromatic heterocycles. The van der Waals surface area contributed by atoms with E-state index in [9.17, 15) is 30.3 Å². The fourth-order valence-corrected chi connectivity index (χ4v) is 10.9. The lowest BCUT2D eigenvalue weighted by Gasteiger charge is -2.40. The van der Waals surface area contributed by atoms with Crippen LogP contribution in [0.4, 0.5) is 0 Å². The molecule has 0 aromatic rings. The first-order valence-corrected chi connectivity index (χ1v) is 37.1. The molecule has 7 atom stereocenters. The molecule has 9 heteroatoms. The number of carbonyl (C=O) groups excluding carboxylic acids is 1. The minimum absolute atomic E-state index is 0.210. The van der Waals surface area contributed by atoms with Gasteiger partial charge in [0.15, 0.2) is 6.29 Å². The standard InChI is InChI=1S/C81H137NO8/c1-3-5-7-9-11-13-15-17-19-21-23-25-27-29-31-33-35-36-37-38-39-40-41-43-45-47-49-51-53-55-57-59-61-63-65-67-69-71-77(85)82-74(73-89-81-80(88)79(87)78(86)76(72-83)90-81)75(84)70-68-66-64-62-60-58-56-54-52-50-48-46-44-42-34-32-30-28-26-24-22-20-18-16-14-12-10-8-6-4-2/h5,7,11,13,17,19,23,25,29,31,35-36,38-39,41,43,47,49,53,55,59,61,68,70,74-76,78-81,83-84,86-88H,3-4,6,8-10,12,14-16,18,20-22,24,26-28,30,32-34,37,40,42,44-46,48,50-52,54,56-58,60,62-67,69,71-73H2,1-2H3,(H,82,85)/b7-5-,13-11-,19-17-,25-23-,31-29-,36-35-,39-38-,43-41-,49-47-,55-53-,61-59-,70-68+. The Kier molecular flexibility index (Phi) is 63.5. The summed E-state index contributed by atoms with van der Waals surface area (Å²) in [7, 11) is 0. The van der Waals surface area contributed by atoms with Crippen molar-refractivity contribution >= 4 is 5.91 Å². The summed E-state index contributed by atoms with van der Waals surface area (Å²) in [5.41, 5.74) is 0. The van der Waals surface area contributed by atoms with E-state index < -0.39 is 49.5 Å². The van der Waals surface area contributed by atoms with Gasteiger partial charge in [-0.2, -0.15) is 0 Å². The van der Waals surface area contributed by atoms with Crippen molar-refractivity contribution in [2.24, 2.45) is 0 Å². The molecule has 1 rings (SSSR count). The van der Waals surface area contributed by atoms with Gasteiger partial charge >= 0.3 is 0 Å². The lowest BCUT2D eigenvalue weighted by molar-refractivity contribution is -0.302. The number of ether oxygens (including phenoxy) is 2. The number of hydrogen-bond donors (Lipinski definition) is 6. The lowest BCUT2D eigenvalue weighted by Crippen LogP contribution is -2.60. The number of aliphatic hydroxyl groups excluding tert-OH is 5. The Bertz CT molecular complexity index is 1940. The summed E-state index contributed by atoms with van der Waals surface area (Å²) in [5, 5.41) is 54.8. The smallest absolute Gasteiger partial charge is 0.220 e. The largest absolute Gasteiger partial charge is 0.394 e. The molecule has 0 aromatic carbocycles. The summed E-state index contributed by atoms with van der Waals surface area (Å²) in [5.74, 6) is -0.211. The Hall–Kier alpha value is -3.93. The van der Waals surface area contributed by atoms with Crippen LogP contribution >= 0.6 is 0 Å². The molecule has 0 spiro atoms. The number of nitrogens with one attached hydrogen (secondary N) is 1. The quantitative estimate of drug-likeness (QED) is 0.0261. The third kappa shape index (κ3) is 55.7. The number of allylic oxidation sites excluding steroid dienone is 23. The van der Waals surface area contributed by atoms with Crippen LogP contribution in [0.25, 0.3) is 0 Å². The van der Waals surface area contributed by atoms with Crippen LogP contribution in [-0.4, -0.2) is 87.5 Å². The Morgan fingerprint density at radius 3 is 1.02 bits per heavy atom. The topological polar surface area (TPSA) is 149 Å². The molecule has 90 heavy (non-hydrogen) atoms. The van der Waals surface area contributed by atoms with Crippen molar-refractivity contribution in [3.8, 4) is 0 Å². The average Bonchev–Trinajstić information content (AvgIpc) is 1.28. The molecule has 514 valence electrons. The molecule has 1 aliphatic heterocycles. The Morgan fingerprint density at radius 2 is 0.689 bits per heavy atom. The first-order chi connectivity index (χ1) is 44.3. The second kappa shape index (κ2) is 67.9. The summed E-state index contributed by atoms with van der Waals surface area (Å²) in [6, 6.07) is -0.836. The van der Waals surface area contributed by atoms with E-state index in [0.717, 1.165) is 109 Å². The summed E-state index contributed by atoms with van der Waals surface area (Å²) in [4.78, 5) is 13.1. The predicted molar refractivity (Wildman–Crippen MR) is 386 cm³/mol. The Balaban J connectivity index is 2.19. The van der Waals surface area contributed by atoms with Gasteiger partial charge in [0.1, 0.15) is 24.4 Å². The maximum Gasteiger partial charge on any atom is 0.220 e. The molecule has 0 radical (unpaired) electrons. The molecule has 9 nitrogen and oxygen atoms in total. The van der Waals surface area contributed by atoms with Crippen molar-refractivity contribution in [2.45, 2.75) is 346 Å². The molecule has 1 fully saturated rings. The first-order valence-electron chi connectivity index (χ1n) is 37.1. The van der Waals surface area contributed by atoms with E-state index in [1.807, 2.05) is 6.08 Å². The minimum Gasteiger partial charge on any atom is -0.394 e. The van der Waals surface area contributed by atoms with Gasteiger partial charge in [-0.3, -0.25) is 4.79 Å². The predicted octanol–water partition coefficient (Wildman–Crippen LogP) is 20.9. The zero-order valence-corrected chi connectivity index (χ0v) is 57.6. The van der Waals surface area contributed by atoms with Crippen LogP contribution in [0.5, 0.6) is 0 Å². The van der Waals surface area contributed by atoms with E-state index in [0.29, 0.717) is 12.8 Å². The van der Waals surface area contributed by atoms with Gasteiger partial charge in [0, 0.05) is 6.42 Å². The van der Waals surface area contributed by atoms with E-state index in [-0.39, 0.29) is 12.5 Å². The lowest BCUT2D eigenvalue weighted by atomic mass is 9.99. The second-order valence-corrected chi connectivity index (χ2v) is 25.0. The molecular formula is C81H137NO8. The fraction of sp³-hybridized carbons (Fsp3) is 0.691. The minimum atomic E-state index is -1.58. The van der Waals surface area contributed by atoms with Crippen molar-refractivity contribution in [3.05, 3.63) is 146 Å². The van der Waals surface area contributed by atoms with Gasteiger partial charge in [-0.15, -0.1) is 0 Å². The molecule has 1 saturated heterocycles. The van der Waals surface area contributed by atoms with Crippen LogP contribution in [0.2, 0.25) is 0 Å². The number of hydrogen-bond acceptors (Lipinski definition) is 8. The van der Waals surface area contributed by atoms with Gasteiger partial charge in [-0.1, -0.05) is 339 Å². The number of aliphatic hydroxyl groups is 5. The van der Waals surface area contributed by atoms with E-state index in [4.69, 9.17) is 9.47 Å². The third-order valence-corrected chi connectivity index (χ3v) is 16.7. The zero-order valence-electron chi connectivity index (χ0n) is 57.6. The highest BCUT2D eigenvalue weighted by molar-refractivity contribution is 5.76. The van der Waals surface area contributed by atoms with Crippen molar-refractivity contribution in [1.82, 2.24) is 5.32 Å². The van der Waals surface area contributed by atoms with Gasteiger partial charge in [0.05, 0.1) is 25.4 Å². The Morgan fingerprint density at radius 1 is 0.389 bits per heavy atom. The maximum absolute atomic E-state index is 13.1. The number of carbonyl (C=O) groups is 1. The van der Waals surface area contributed by atoms with E-state index in [2.05, 4.69) is 153 Å². The molecule has 1 amide bonds. The molecule has 0 saturated carbocycles. The second-order valence-electron chi connectivity index (χ2n) is 25.0. The van der Waals surface area contributed by atoms with Crippen molar-refractivity contribution in [3.63, 3.8) is 0 Å². The third-order valence-electron chi connectivity index (χ3n) is 16.7. The van der Waals surface area contributed by atoms with Crippen LogP contribution in [0.1, 0.15) is 303 Å². The van der Waals surface area contributed by atoms with Crippen LogP contribution in [0.15, 0.2) is 146 Å². The molecule has 0 bridgehead atoms. The van der Waals surface area contributed by atoms with Gasteiger partial charge in [0.2, 0.25) is 5.91 Å². The maximum atomic E-state index is 13.1. The molecule has 1 heterocycles. The van der Waals surface area contributed by atoms with Gasteiger partial charge in [-0.05, 0) is 103 Å². The molecule has 7 unspecified atom stereocenters. The molecule has 0 aliphatic carbocycles. The van der Waals surface area contributed by atoms with Crippen LogP contribution in [-0.2, 0) is 14.3 Å². The summed E-state index contributed by atoms with van der Waals surface area (Å²) >= 11 is 0. The molecule has 1 aliphatic rings. The molecule has 6 N–H and O–H groups in total. The van der Waals surface area contributed by atoms with Crippen LogP contribution < -0.4 is 5.32 Å². The van der Waals surface area contributed by atoms with Crippen molar-refractivity contribution < 1.29 is 39.8 Å². The Labute approximate surface area is 553 Å². The highest BCUT2D eigenvalue weighted by Crippen LogP contribution is 2.23. The summed E-state index contributed by atoms with van der Waals surface area (Å²) < 4.78 is 11.3. The first kappa shape index (κ1) is 84.1. The van der Waals surface area contributed by atoms with Gasteiger partial charge in [-0.25, -0.2) is 0 Å². The SMILES string of the molecule is CC/C=C\C/C=C\C/C=C\C/C=C\C/C=C\C/C=C\C/C=C\C/C=C\C/C=C\C/C=C\C/C=C\CCCCCC(=O)NC(COC1OC(CO)C(O)C(O)C1O)C(O)/C=C/CCCCCCCCCCCCCCCCCCCCCCCCCCCCCC. The van der Waals surface area contributed by atoms with Crippen molar-refractivity contribution in [1.29, 1.82) is 0 Å². The highest BCUT2D eigenvalue weighted by atomic mass is 16.7. The number of amides is 1. The number of rotatable bonds is 63. The highest BCUT2D eigenvalue weighted by Gasteiger charge is 2.44. The van der Waals surface area contributed by atoms with Gasteiger partial charge < -0.3 is 40.3 Å². The zero-order chi connectivity index (χ0) is 64.9. The van der Waals surface area contributed by atoms with Crippen LogP contribution in [0.3, 0.4) is 0 Å². The van der Waals surface area contributed by atoms with Gasteiger partial charge in [0.25, 0.3) is 0 Å². The van der Waals surface area contributed by atoms with Crippen molar-refractivity contribution in [2.75, 3.05) is 13.2 Å². The average molecular weight is 1250 g/mol. The fourth-order valence-electron chi connectivity index (χ4n) is 10.9. The van der Waals surface area contributed by atoms with E-state index >= 15 is 0 Å². The monoisotopic (exact) mass is 1250 g/mol. The number of unbranched alkanes of at least 4 members (excludes halogenated alkanes) is 31. The summed E-state index contributed by atoms with van der Waals surface area (Å²) in [6.07, 6.45) is 98.1. The normalized spacial score (nSPS) is 18.7.